The van der Waals surface area contributed by atoms with Crippen LogP contribution in [0.4, 0.5) is 0 Å². The van der Waals surface area contributed by atoms with Crippen LogP contribution in [0.25, 0.3) is 0 Å². The molecule has 8 nitrogen and oxygen atoms in total. The van der Waals surface area contributed by atoms with Crippen molar-refractivity contribution in [3.63, 3.8) is 0 Å². The molecule has 260 valence electrons. The van der Waals surface area contributed by atoms with Gasteiger partial charge >= 0.3 is 11.9 Å². The van der Waals surface area contributed by atoms with E-state index in [0.717, 1.165) is 29.0 Å². The summed E-state index contributed by atoms with van der Waals surface area (Å²) < 4.78 is 33.2. The van der Waals surface area contributed by atoms with Gasteiger partial charge in [0, 0.05) is 11.1 Å². The zero-order valence-corrected chi connectivity index (χ0v) is 28.8. The van der Waals surface area contributed by atoms with Crippen molar-refractivity contribution in [2.24, 2.45) is 0 Å². The van der Waals surface area contributed by atoms with Crippen molar-refractivity contribution in [1.29, 1.82) is 0 Å². The van der Waals surface area contributed by atoms with Crippen molar-refractivity contribution < 1.29 is 38.0 Å². The first-order chi connectivity index (χ1) is 24.3. The summed E-state index contributed by atoms with van der Waals surface area (Å²) in [7, 11) is 0. The highest BCUT2D eigenvalue weighted by molar-refractivity contribution is 5.87. The topological polar surface area (TPSA) is 89.5 Å². The molecule has 0 aliphatic heterocycles. The molecule has 0 saturated heterocycles. The first-order valence-corrected chi connectivity index (χ1v) is 16.7. The Labute approximate surface area is 294 Å². The van der Waals surface area contributed by atoms with Crippen LogP contribution >= 0.6 is 0 Å². The van der Waals surface area contributed by atoms with Crippen LogP contribution in [0.1, 0.15) is 47.2 Å². The molecule has 0 saturated carbocycles. The fourth-order valence-corrected chi connectivity index (χ4v) is 6.10. The van der Waals surface area contributed by atoms with E-state index in [2.05, 4.69) is 86.0 Å². The molecule has 0 spiro atoms. The average molecular weight is 677 g/mol. The van der Waals surface area contributed by atoms with E-state index in [1.54, 1.807) is 13.8 Å². The Morgan fingerprint density at radius 1 is 0.540 bits per heavy atom. The monoisotopic (exact) mass is 676 g/mol. The van der Waals surface area contributed by atoms with Crippen LogP contribution in [-0.4, -0.2) is 64.8 Å². The summed E-state index contributed by atoms with van der Waals surface area (Å²) in [5.41, 5.74) is 7.43. The fraction of sp³-hybridized carbons (Fsp3) is 0.286. The van der Waals surface area contributed by atoms with Gasteiger partial charge in [0.25, 0.3) is 0 Å². The van der Waals surface area contributed by atoms with E-state index in [1.165, 1.54) is 22.3 Å². The summed E-state index contributed by atoms with van der Waals surface area (Å²) in [4.78, 5) is 23.0. The standard InChI is InChI=1S/C42H44O8/c1-30(2)40(43)49-27-23-45-21-25-47-36-17-13-34(14-18-36)42(38-11-7-5-9-32(38)29-33-10-6-8-12-39(33)42)35-15-19-37(20-16-35)48-26-22-46-24-28-50-41(44)31(3)4/h5-20H,1,3,21-29H2,2,4H3. The number of hydrogen-bond acceptors (Lipinski definition) is 8. The molecular formula is C42H44O8. The molecule has 0 atom stereocenters. The molecule has 0 heterocycles. The van der Waals surface area contributed by atoms with Gasteiger partial charge in [-0.15, -0.1) is 0 Å². The van der Waals surface area contributed by atoms with E-state index in [4.69, 9.17) is 28.4 Å². The predicted octanol–water partition coefficient (Wildman–Crippen LogP) is 7.00. The van der Waals surface area contributed by atoms with E-state index >= 15 is 0 Å². The Bertz CT molecular complexity index is 1640. The van der Waals surface area contributed by atoms with Crippen LogP contribution in [0.5, 0.6) is 11.5 Å². The van der Waals surface area contributed by atoms with Crippen LogP contribution in [0.3, 0.4) is 0 Å². The number of carbonyl (C=O) groups is 2. The summed E-state index contributed by atoms with van der Waals surface area (Å²) in [6.45, 7) is 12.7. The number of hydrogen-bond donors (Lipinski definition) is 0. The van der Waals surface area contributed by atoms with Crippen molar-refractivity contribution in [1.82, 2.24) is 0 Å². The van der Waals surface area contributed by atoms with E-state index in [9.17, 15) is 9.59 Å². The highest BCUT2D eigenvalue weighted by Gasteiger charge is 2.43. The normalized spacial score (nSPS) is 12.6. The van der Waals surface area contributed by atoms with E-state index in [-0.39, 0.29) is 26.4 Å². The first-order valence-electron chi connectivity index (χ1n) is 16.7. The molecule has 1 aliphatic rings. The van der Waals surface area contributed by atoms with Gasteiger partial charge in [0.15, 0.2) is 0 Å². The van der Waals surface area contributed by atoms with Gasteiger partial charge in [-0.1, -0.05) is 86.0 Å². The minimum atomic E-state index is -0.572. The van der Waals surface area contributed by atoms with Crippen molar-refractivity contribution in [2.75, 3.05) is 52.9 Å². The van der Waals surface area contributed by atoms with Crippen LogP contribution < -0.4 is 9.47 Å². The van der Waals surface area contributed by atoms with Crippen LogP contribution in [-0.2, 0) is 40.4 Å². The molecule has 8 heteroatoms. The molecule has 0 bridgehead atoms. The van der Waals surface area contributed by atoms with Crippen molar-refractivity contribution in [3.8, 4) is 11.5 Å². The molecule has 50 heavy (non-hydrogen) atoms. The van der Waals surface area contributed by atoms with Gasteiger partial charge in [0.1, 0.15) is 37.9 Å². The molecule has 0 fully saturated rings. The lowest BCUT2D eigenvalue weighted by Gasteiger charge is -2.42. The summed E-state index contributed by atoms with van der Waals surface area (Å²) in [6.07, 6.45) is 0.856. The summed E-state index contributed by atoms with van der Waals surface area (Å²) >= 11 is 0. The fourth-order valence-electron chi connectivity index (χ4n) is 6.10. The third-order valence-electron chi connectivity index (χ3n) is 8.41. The van der Waals surface area contributed by atoms with Crippen molar-refractivity contribution >= 4 is 11.9 Å². The van der Waals surface area contributed by atoms with Gasteiger partial charge < -0.3 is 28.4 Å². The second-order valence-electron chi connectivity index (χ2n) is 12.0. The third kappa shape index (κ3) is 8.69. The lowest BCUT2D eigenvalue weighted by molar-refractivity contribution is -0.141. The molecule has 0 unspecified atom stereocenters. The number of ether oxygens (including phenoxy) is 6. The Balaban J connectivity index is 1.30. The SMILES string of the molecule is C=C(C)C(=O)OCCOCCOc1ccc(C2(c3ccc(OCCOCCOC(=O)C(=C)C)cc3)c3ccccc3Cc3ccccc32)cc1. The number of fused-ring (bicyclic) bond motifs is 2. The predicted molar refractivity (Wildman–Crippen MR) is 192 cm³/mol. The second-order valence-corrected chi connectivity index (χ2v) is 12.0. The zero-order valence-electron chi connectivity index (χ0n) is 28.8. The first kappa shape index (κ1) is 36.1. The Morgan fingerprint density at radius 3 is 1.32 bits per heavy atom. The maximum absolute atomic E-state index is 11.5. The quantitative estimate of drug-likeness (QED) is 0.0557. The molecule has 0 aromatic heterocycles. The van der Waals surface area contributed by atoms with Gasteiger partial charge in [-0.25, -0.2) is 9.59 Å². The van der Waals surface area contributed by atoms with E-state index < -0.39 is 17.4 Å². The number of carbonyl (C=O) groups excluding carboxylic acids is 2. The lowest BCUT2D eigenvalue weighted by atomic mass is 9.60. The van der Waals surface area contributed by atoms with Crippen molar-refractivity contribution in [2.45, 2.75) is 25.7 Å². The van der Waals surface area contributed by atoms with E-state index in [1.807, 2.05) is 24.3 Å². The Kier molecular flexibility index (Phi) is 12.6. The summed E-state index contributed by atoms with van der Waals surface area (Å²) in [5.74, 6) is 0.626. The van der Waals surface area contributed by atoms with E-state index in [0.29, 0.717) is 37.6 Å². The molecule has 4 aromatic carbocycles. The Hall–Kier alpha value is -5.18. The highest BCUT2D eigenvalue weighted by Crippen LogP contribution is 2.51. The maximum atomic E-state index is 11.5. The number of esters is 2. The van der Waals surface area contributed by atoms with Gasteiger partial charge in [0.05, 0.1) is 31.8 Å². The van der Waals surface area contributed by atoms with Gasteiger partial charge in [0.2, 0.25) is 0 Å². The Morgan fingerprint density at radius 2 is 0.920 bits per heavy atom. The minimum Gasteiger partial charge on any atom is -0.491 e. The van der Waals surface area contributed by atoms with Crippen LogP contribution in [0.15, 0.2) is 121 Å². The zero-order chi connectivity index (χ0) is 35.3. The number of rotatable bonds is 18. The van der Waals surface area contributed by atoms with Crippen LogP contribution in [0.2, 0.25) is 0 Å². The van der Waals surface area contributed by atoms with Gasteiger partial charge in [-0.2, -0.15) is 0 Å². The highest BCUT2D eigenvalue weighted by atomic mass is 16.6. The van der Waals surface area contributed by atoms with Gasteiger partial charge in [-0.05, 0) is 77.9 Å². The molecule has 0 radical (unpaired) electrons. The van der Waals surface area contributed by atoms with Crippen molar-refractivity contribution in [3.05, 3.63) is 155 Å². The molecule has 0 N–H and O–H groups in total. The molecule has 5 rings (SSSR count). The largest absolute Gasteiger partial charge is 0.491 e. The van der Waals surface area contributed by atoms with Crippen LogP contribution in [0, 0.1) is 0 Å². The molecular weight excluding hydrogens is 632 g/mol. The molecule has 0 amide bonds. The number of benzene rings is 4. The maximum Gasteiger partial charge on any atom is 0.333 e. The summed E-state index contributed by atoms with van der Waals surface area (Å²) in [5, 5.41) is 0. The van der Waals surface area contributed by atoms with Gasteiger partial charge in [-0.3, -0.25) is 0 Å². The second kappa shape index (κ2) is 17.5. The average Bonchev–Trinajstić information content (AvgIpc) is 3.13. The molecule has 1 aliphatic carbocycles. The smallest absolute Gasteiger partial charge is 0.333 e. The minimum absolute atomic E-state index is 0.170. The third-order valence-corrected chi connectivity index (χ3v) is 8.41. The molecule has 4 aromatic rings. The summed E-state index contributed by atoms with van der Waals surface area (Å²) in [6, 6.07) is 33.9. The lowest BCUT2D eigenvalue weighted by Crippen LogP contribution is -2.36.